The highest BCUT2D eigenvalue weighted by Gasteiger charge is 2.16. The number of rotatable bonds is 3. The maximum Gasteiger partial charge on any atom is 0.266 e. The minimum Gasteiger partial charge on any atom is -0.268 e. The fourth-order valence-electron chi connectivity index (χ4n) is 2.66. The molecule has 3 aromatic rings. The Morgan fingerprint density at radius 3 is 2.52 bits per heavy atom. The highest BCUT2D eigenvalue weighted by Crippen LogP contribution is 2.25. The Hall–Kier alpha value is -2.58. The highest BCUT2D eigenvalue weighted by molar-refractivity contribution is 7.99. The molecular formula is C18H15N3OS. The van der Waals surface area contributed by atoms with Crippen molar-refractivity contribution in [2.75, 3.05) is 5.75 Å². The Bertz CT molecular complexity index is 965. The summed E-state index contributed by atoms with van der Waals surface area (Å²) in [5.41, 5.74) is 3.40. The van der Waals surface area contributed by atoms with Gasteiger partial charge in [0.15, 0.2) is 5.16 Å². The minimum absolute atomic E-state index is 0.103. The molecule has 0 atom stereocenters. The fourth-order valence-corrected chi connectivity index (χ4v) is 3.32. The van der Waals surface area contributed by atoms with E-state index in [2.05, 4.69) is 11.1 Å². The number of aryl methyl sites for hydroxylation is 2. The number of para-hydroxylation sites is 2. The molecule has 0 spiro atoms. The van der Waals surface area contributed by atoms with Crippen molar-refractivity contribution in [3.8, 4) is 11.8 Å². The number of fused-ring (bicyclic) bond motifs is 1. The van der Waals surface area contributed by atoms with Gasteiger partial charge in [0.1, 0.15) is 0 Å². The molecule has 1 aromatic heterocycles. The van der Waals surface area contributed by atoms with Crippen LogP contribution in [0.5, 0.6) is 0 Å². The number of nitrogens with zero attached hydrogens (tertiary/aromatic N) is 3. The van der Waals surface area contributed by atoms with Crippen LogP contribution in [-0.2, 0) is 0 Å². The van der Waals surface area contributed by atoms with E-state index in [1.54, 1.807) is 10.6 Å². The lowest BCUT2D eigenvalue weighted by atomic mass is 10.1. The summed E-state index contributed by atoms with van der Waals surface area (Å²) >= 11 is 1.28. The Morgan fingerprint density at radius 2 is 1.83 bits per heavy atom. The number of thioether (sulfide) groups is 1. The summed E-state index contributed by atoms with van der Waals surface area (Å²) in [5.74, 6) is 0.246. The van der Waals surface area contributed by atoms with Gasteiger partial charge < -0.3 is 0 Å². The molecule has 0 saturated heterocycles. The third-order valence-electron chi connectivity index (χ3n) is 3.67. The molecule has 0 saturated carbocycles. The van der Waals surface area contributed by atoms with Crippen LogP contribution in [-0.4, -0.2) is 15.3 Å². The molecule has 4 nitrogen and oxygen atoms in total. The molecule has 0 bridgehead atoms. The Balaban J connectivity index is 2.40. The van der Waals surface area contributed by atoms with E-state index in [1.807, 2.05) is 50.2 Å². The summed E-state index contributed by atoms with van der Waals surface area (Å²) in [7, 11) is 0. The molecular weight excluding hydrogens is 306 g/mol. The number of benzene rings is 2. The average Bonchev–Trinajstić information content (AvgIpc) is 2.55. The molecule has 0 N–H and O–H groups in total. The Labute approximate surface area is 138 Å². The van der Waals surface area contributed by atoms with Crippen molar-refractivity contribution >= 4 is 22.7 Å². The zero-order valence-corrected chi connectivity index (χ0v) is 13.7. The molecule has 0 aliphatic carbocycles. The monoisotopic (exact) mass is 321 g/mol. The van der Waals surface area contributed by atoms with Crippen LogP contribution in [0.3, 0.4) is 0 Å². The number of nitriles is 1. The molecule has 5 heteroatoms. The van der Waals surface area contributed by atoms with Gasteiger partial charge in [-0.1, -0.05) is 42.1 Å². The van der Waals surface area contributed by atoms with Crippen molar-refractivity contribution in [1.82, 2.24) is 9.55 Å². The lowest BCUT2D eigenvalue weighted by molar-refractivity contribution is 0.810. The quantitative estimate of drug-likeness (QED) is 0.546. The predicted molar refractivity (Wildman–Crippen MR) is 93.2 cm³/mol. The van der Waals surface area contributed by atoms with Crippen molar-refractivity contribution in [2.24, 2.45) is 0 Å². The van der Waals surface area contributed by atoms with E-state index in [-0.39, 0.29) is 11.3 Å². The second kappa shape index (κ2) is 6.27. The van der Waals surface area contributed by atoms with Gasteiger partial charge in [0.2, 0.25) is 0 Å². The Morgan fingerprint density at radius 1 is 1.13 bits per heavy atom. The zero-order chi connectivity index (χ0) is 16.4. The van der Waals surface area contributed by atoms with Gasteiger partial charge in [-0.2, -0.15) is 5.26 Å². The first-order valence-corrected chi connectivity index (χ1v) is 8.20. The largest absolute Gasteiger partial charge is 0.268 e. The van der Waals surface area contributed by atoms with Crippen LogP contribution in [0.25, 0.3) is 16.6 Å². The molecule has 0 fully saturated rings. The first-order chi connectivity index (χ1) is 11.1. The third kappa shape index (κ3) is 2.73. The summed E-state index contributed by atoms with van der Waals surface area (Å²) in [6, 6.07) is 15.3. The predicted octanol–water partition coefficient (Wildman–Crippen LogP) is 3.62. The van der Waals surface area contributed by atoms with Crippen LogP contribution in [0.2, 0.25) is 0 Å². The van der Waals surface area contributed by atoms with E-state index in [4.69, 9.17) is 5.26 Å². The van der Waals surface area contributed by atoms with Crippen LogP contribution in [0.15, 0.2) is 52.4 Å². The van der Waals surface area contributed by atoms with Gasteiger partial charge >= 0.3 is 0 Å². The molecule has 114 valence electrons. The van der Waals surface area contributed by atoms with Gasteiger partial charge in [-0.05, 0) is 37.1 Å². The first-order valence-electron chi connectivity index (χ1n) is 7.21. The standard InChI is InChI=1S/C18H15N3OS/c1-12-6-5-7-13(2)16(12)21-17(22)14-8-3-4-9-15(14)20-18(21)23-11-10-19/h3-9H,11H2,1-2H3. The summed E-state index contributed by atoms with van der Waals surface area (Å²) in [4.78, 5) is 17.7. The maximum atomic E-state index is 13.0. The maximum absolute atomic E-state index is 13.0. The van der Waals surface area contributed by atoms with Gasteiger partial charge in [0.25, 0.3) is 5.56 Å². The lowest BCUT2D eigenvalue weighted by Gasteiger charge is -2.16. The second-order valence-electron chi connectivity index (χ2n) is 5.24. The van der Waals surface area contributed by atoms with Gasteiger partial charge in [0.05, 0.1) is 28.4 Å². The smallest absolute Gasteiger partial charge is 0.266 e. The summed E-state index contributed by atoms with van der Waals surface area (Å²) in [5, 5.41) is 10.0. The molecule has 23 heavy (non-hydrogen) atoms. The average molecular weight is 321 g/mol. The first kappa shape index (κ1) is 15.3. The molecule has 0 aliphatic heterocycles. The minimum atomic E-state index is -0.103. The van der Waals surface area contributed by atoms with Crippen LogP contribution in [0, 0.1) is 25.2 Å². The lowest BCUT2D eigenvalue weighted by Crippen LogP contribution is -2.23. The van der Waals surface area contributed by atoms with E-state index < -0.39 is 0 Å². The van der Waals surface area contributed by atoms with Crippen LogP contribution < -0.4 is 5.56 Å². The van der Waals surface area contributed by atoms with E-state index in [0.29, 0.717) is 16.1 Å². The molecule has 0 amide bonds. The molecule has 1 heterocycles. The van der Waals surface area contributed by atoms with Crippen molar-refractivity contribution in [3.05, 3.63) is 63.9 Å². The van der Waals surface area contributed by atoms with E-state index in [9.17, 15) is 4.79 Å². The van der Waals surface area contributed by atoms with Crippen LogP contribution >= 0.6 is 11.8 Å². The summed E-state index contributed by atoms with van der Waals surface area (Å²) in [6.45, 7) is 3.95. The molecule has 2 aromatic carbocycles. The molecule has 0 aliphatic rings. The van der Waals surface area contributed by atoms with Crippen molar-refractivity contribution in [1.29, 1.82) is 5.26 Å². The summed E-state index contributed by atoms with van der Waals surface area (Å²) in [6.07, 6.45) is 0. The molecule has 3 rings (SSSR count). The number of aromatic nitrogens is 2. The normalized spacial score (nSPS) is 10.7. The molecule has 0 unspecified atom stereocenters. The SMILES string of the molecule is Cc1cccc(C)c1-n1c(SCC#N)nc2ccccc2c1=O. The van der Waals surface area contributed by atoms with E-state index in [1.165, 1.54) is 11.8 Å². The van der Waals surface area contributed by atoms with E-state index in [0.717, 1.165) is 16.8 Å². The number of hydrogen-bond acceptors (Lipinski definition) is 4. The van der Waals surface area contributed by atoms with Gasteiger partial charge in [-0.25, -0.2) is 4.98 Å². The highest BCUT2D eigenvalue weighted by atomic mass is 32.2. The van der Waals surface area contributed by atoms with Crippen molar-refractivity contribution in [3.63, 3.8) is 0 Å². The fraction of sp³-hybridized carbons (Fsp3) is 0.167. The second-order valence-corrected chi connectivity index (χ2v) is 6.18. The topological polar surface area (TPSA) is 58.7 Å². The van der Waals surface area contributed by atoms with Crippen LogP contribution in [0.4, 0.5) is 0 Å². The van der Waals surface area contributed by atoms with Crippen molar-refractivity contribution < 1.29 is 0 Å². The van der Waals surface area contributed by atoms with E-state index >= 15 is 0 Å². The van der Waals surface area contributed by atoms with Gasteiger partial charge in [-0.3, -0.25) is 9.36 Å². The van der Waals surface area contributed by atoms with Crippen LogP contribution in [0.1, 0.15) is 11.1 Å². The molecule has 0 radical (unpaired) electrons. The van der Waals surface area contributed by atoms with Gasteiger partial charge in [-0.15, -0.1) is 0 Å². The zero-order valence-electron chi connectivity index (χ0n) is 12.9. The summed E-state index contributed by atoms with van der Waals surface area (Å²) < 4.78 is 1.63. The Kier molecular flexibility index (Phi) is 4.18. The number of hydrogen-bond donors (Lipinski definition) is 0. The van der Waals surface area contributed by atoms with Gasteiger partial charge in [0, 0.05) is 0 Å². The van der Waals surface area contributed by atoms with Crippen molar-refractivity contribution in [2.45, 2.75) is 19.0 Å². The third-order valence-corrected chi connectivity index (χ3v) is 4.48.